The van der Waals surface area contributed by atoms with Gasteiger partial charge in [0.05, 0.1) is 86.0 Å². The van der Waals surface area contributed by atoms with Crippen molar-refractivity contribution < 1.29 is 28.4 Å². The van der Waals surface area contributed by atoms with E-state index in [-0.39, 0.29) is 110 Å². The molecular formula is C64H108N8O6. The van der Waals surface area contributed by atoms with Crippen LogP contribution in [0.2, 0.25) is 0 Å². The Kier molecular flexibility index (Phi) is 15.1. The normalized spacial score (nSPS) is 59.7. The lowest BCUT2D eigenvalue weighted by molar-refractivity contribution is -0.171. The largest absolute Gasteiger partial charge is 0.381 e. The fourth-order valence-corrected chi connectivity index (χ4v) is 25.4. The molecule has 0 aromatic rings. The average molecular weight is 1090 g/mol. The lowest BCUT2D eigenvalue weighted by Crippen LogP contribution is -2.63. The number of rotatable bonds is 6. The first-order valence-corrected chi connectivity index (χ1v) is 33.5. The van der Waals surface area contributed by atoms with E-state index in [1.54, 1.807) is 0 Å². The summed E-state index contributed by atoms with van der Waals surface area (Å²) in [6.45, 7) is 5.28. The zero-order valence-corrected chi connectivity index (χ0v) is 49.4. The predicted octanol–water partition coefficient (Wildman–Crippen LogP) is 7.00. The minimum absolute atomic E-state index is 0.00284. The molecule has 0 spiro atoms. The van der Waals surface area contributed by atoms with E-state index in [1.807, 2.05) is 14.2 Å². The minimum Gasteiger partial charge on any atom is -0.381 e. The monoisotopic (exact) mass is 1080 g/mol. The zero-order valence-electron chi connectivity index (χ0n) is 49.4. The summed E-state index contributed by atoms with van der Waals surface area (Å²) in [5.74, 6) is 10.9. The summed E-state index contributed by atoms with van der Waals surface area (Å²) in [6.07, 6.45) is 27.8. The molecule has 8 N–H and O–H groups in total. The van der Waals surface area contributed by atoms with Gasteiger partial charge >= 0.3 is 0 Å². The molecule has 15 rings (SSSR count). The Morgan fingerprint density at radius 1 is 0.231 bits per heavy atom. The molecule has 5 saturated heterocycles. The van der Waals surface area contributed by atoms with Gasteiger partial charge in [-0.1, -0.05) is 90.9 Å². The molecular weight excluding hydrogens is 977 g/mol. The van der Waals surface area contributed by atoms with Crippen molar-refractivity contribution >= 4 is 0 Å². The topological polar surface area (TPSA) is 152 Å². The van der Waals surface area contributed by atoms with Gasteiger partial charge < -0.3 is 28.4 Å². The quantitative estimate of drug-likeness (QED) is 0.138. The van der Waals surface area contributed by atoms with Crippen LogP contribution in [0.5, 0.6) is 0 Å². The van der Waals surface area contributed by atoms with Crippen molar-refractivity contribution in [3.8, 4) is 0 Å². The predicted molar refractivity (Wildman–Crippen MR) is 301 cm³/mol. The first kappa shape index (κ1) is 54.1. The second-order valence-corrected chi connectivity index (χ2v) is 30.1. The molecule has 440 valence electrons. The molecule has 36 atom stereocenters. The molecule has 0 aromatic carbocycles. The Bertz CT molecular complexity index is 1960. The summed E-state index contributed by atoms with van der Waals surface area (Å²) in [5.41, 5.74) is 0. The van der Waals surface area contributed by atoms with Crippen molar-refractivity contribution in [2.75, 3.05) is 42.7 Å². The maximum Gasteiger partial charge on any atom is 0.0663 e. The molecule has 14 heteroatoms. The molecule has 15 fully saturated rings. The maximum absolute atomic E-state index is 7.09. The smallest absolute Gasteiger partial charge is 0.0663 e. The molecule has 10 aliphatic carbocycles. The summed E-state index contributed by atoms with van der Waals surface area (Å²) in [6, 6.07) is 0. The van der Waals surface area contributed by atoms with Gasteiger partial charge in [-0.2, -0.15) is 0 Å². The standard InChI is InChI=1S/C64H108N8O6/c1-29-35-21-13-15-23-37(35)51(73-3)45-43(29)57-65-59(45)69-63-49-50(56(78-8)42-28-34-20-12-11-19-33(34)27-41(42)55(49)77-7)64(72-63)70-60-46-44(30(2)36-22-14-16-24-38(36)52(46)74-4)58(66-60)68-62-48-47(61(67-57)71-62)53(75-5)39-25-31-17-9-10-18-32(31)26-40(39)54(48)76-6/h29-72H,9-28H2,1-8H3. The van der Waals surface area contributed by atoms with Gasteiger partial charge in [0.2, 0.25) is 0 Å². The number of nitrogens with one attached hydrogen (secondary N) is 8. The Morgan fingerprint density at radius 3 is 0.667 bits per heavy atom. The fourth-order valence-electron chi connectivity index (χ4n) is 25.4. The zero-order chi connectivity index (χ0) is 52.8. The van der Waals surface area contributed by atoms with Crippen molar-refractivity contribution in [3.63, 3.8) is 0 Å². The highest BCUT2D eigenvalue weighted by Crippen LogP contribution is 2.61. The van der Waals surface area contributed by atoms with Crippen LogP contribution in [0.3, 0.4) is 0 Å². The fraction of sp³-hybridized carbons (Fsp3) is 1.00. The second-order valence-electron chi connectivity index (χ2n) is 30.1. The molecule has 14 nitrogen and oxygen atoms in total. The van der Waals surface area contributed by atoms with Crippen LogP contribution in [0.1, 0.15) is 142 Å². The molecule has 78 heavy (non-hydrogen) atoms. The average Bonchev–Trinajstić information content (AvgIpc) is 4.41. The third-order valence-electron chi connectivity index (χ3n) is 28.0. The molecule has 10 saturated carbocycles. The summed E-state index contributed by atoms with van der Waals surface area (Å²) in [7, 11) is 12.3. The Morgan fingerprint density at radius 2 is 0.423 bits per heavy atom. The van der Waals surface area contributed by atoms with Crippen LogP contribution < -0.4 is 42.5 Å². The molecule has 5 aliphatic heterocycles. The molecule has 0 radical (unpaired) electrons. The van der Waals surface area contributed by atoms with E-state index in [4.69, 9.17) is 28.4 Å². The Hall–Kier alpha value is -0.560. The first-order chi connectivity index (χ1) is 38.2. The van der Waals surface area contributed by atoms with E-state index >= 15 is 0 Å². The van der Waals surface area contributed by atoms with E-state index in [0.29, 0.717) is 82.9 Å². The van der Waals surface area contributed by atoms with Crippen LogP contribution in [0.25, 0.3) is 0 Å². The van der Waals surface area contributed by atoms with Crippen LogP contribution >= 0.6 is 0 Å². The second kappa shape index (κ2) is 21.7. The van der Waals surface area contributed by atoms with Crippen molar-refractivity contribution in [2.24, 2.45) is 130 Å². The highest BCUT2D eigenvalue weighted by Gasteiger charge is 2.68. The van der Waals surface area contributed by atoms with Crippen molar-refractivity contribution in [2.45, 2.75) is 228 Å². The highest BCUT2D eigenvalue weighted by molar-refractivity contribution is 5.19. The molecule has 0 aromatic heterocycles. The van der Waals surface area contributed by atoms with Crippen LogP contribution in [0.15, 0.2) is 0 Å². The van der Waals surface area contributed by atoms with Gasteiger partial charge in [0.15, 0.2) is 0 Å². The molecule has 36 unspecified atom stereocenters. The van der Waals surface area contributed by atoms with Crippen molar-refractivity contribution in [3.05, 3.63) is 0 Å². The SMILES string of the molecule is COC1C2CCCCC2C(C)C2C3NC(NC4NC(NC5NC(NC6NC(N3)C3C(OC)C7CC8CCCCC8CC7C(OC)C63)C3C(C)C6CCCCC6C(OC)C53)C3C(OC)C5CC6CCCCC6CC5C(OC)C43)C12. The van der Waals surface area contributed by atoms with Gasteiger partial charge in [-0.05, 0) is 146 Å². The molecule has 0 amide bonds. The molecule has 15 aliphatic rings. The van der Waals surface area contributed by atoms with Crippen LogP contribution in [0, 0.1) is 130 Å². The summed E-state index contributed by atoms with van der Waals surface area (Å²) in [4.78, 5) is 0. The number of methoxy groups -OCH3 is 6. The van der Waals surface area contributed by atoms with Gasteiger partial charge in [-0.15, -0.1) is 0 Å². The van der Waals surface area contributed by atoms with Gasteiger partial charge in [-0.25, -0.2) is 0 Å². The Balaban J connectivity index is 0.864. The van der Waals surface area contributed by atoms with E-state index in [1.165, 1.54) is 128 Å². The van der Waals surface area contributed by atoms with Crippen LogP contribution in [0.4, 0.5) is 0 Å². The summed E-state index contributed by atoms with van der Waals surface area (Å²) in [5, 5.41) is 36.4. The highest BCUT2D eigenvalue weighted by atomic mass is 16.5. The van der Waals surface area contributed by atoms with Crippen LogP contribution in [-0.4, -0.2) is 129 Å². The number of hydrogen-bond acceptors (Lipinski definition) is 14. The van der Waals surface area contributed by atoms with Gasteiger partial charge in [0.1, 0.15) is 0 Å². The number of ether oxygens (including phenoxy) is 6. The van der Waals surface area contributed by atoms with Crippen LogP contribution in [-0.2, 0) is 28.4 Å². The summed E-state index contributed by atoms with van der Waals surface area (Å²) < 4.78 is 42.3. The minimum atomic E-state index is 0.00284. The number of fused-ring (bicyclic) bond motifs is 26. The van der Waals surface area contributed by atoms with Gasteiger partial charge in [0.25, 0.3) is 0 Å². The third-order valence-corrected chi connectivity index (χ3v) is 28.0. The van der Waals surface area contributed by atoms with Gasteiger partial charge in [-0.3, -0.25) is 42.5 Å². The lowest BCUT2D eigenvalue weighted by Gasteiger charge is -2.56. The molecule has 5 heterocycles. The van der Waals surface area contributed by atoms with Crippen molar-refractivity contribution in [1.29, 1.82) is 0 Å². The third kappa shape index (κ3) is 8.37. The number of hydrogen-bond donors (Lipinski definition) is 8. The van der Waals surface area contributed by atoms with E-state index in [0.717, 1.165) is 23.7 Å². The first-order valence-electron chi connectivity index (χ1n) is 33.5. The lowest BCUT2D eigenvalue weighted by atomic mass is 9.54. The van der Waals surface area contributed by atoms with E-state index in [9.17, 15) is 0 Å². The van der Waals surface area contributed by atoms with Gasteiger partial charge in [0, 0.05) is 78.2 Å². The summed E-state index contributed by atoms with van der Waals surface area (Å²) >= 11 is 0. The molecule has 8 bridgehead atoms. The van der Waals surface area contributed by atoms with Crippen molar-refractivity contribution in [1.82, 2.24) is 42.5 Å². The Labute approximate surface area is 470 Å². The maximum atomic E-state index is 7.09. The van der Waals surface area contributed by atoms with E-state index < -0.39 is 0 Å². The van der Waals surface area contributed by atoms with E-state index in [2.05, 4.69) is 84.8 Å².